The second-order valence-electron chi connectivity index (χ2n) is 8.14. The molecule has 0 aliphatic carbocycles. The third-order valence-electron chi connectivity index (χ3n) is 5.84. The Balaban J connectivity index is 1.22. The highest BCUT2D eigenvalue weighted by molar-refractivity contribution is 5.94. The molecular weight excluding hydrogens is 404 g/mol. The summed E-state index contributed by atoms with van der Waals surface area (Å²) in [6, 6.07) is 7.86. The van der Waals surface area contributed by atoms with Gasteiger partial charge in [0.1, 0.15) is 0 Å². The Morgan fingerprint density at radius 1 is 1.09 bits per heavy atom. The maximum atomic E-state index is 12.8. The van der Waals surface area contributed by atoms with Crippen LogP contribution in [0.5, 0.6) is 0 Å². The van der Waals surface area contributed by atoms with Gasteiger partial charge in [-0.3, -0.25) is 24.3 Å². The standard InChI is InChI=1S/C23H24N8O/c1-30-14-19(12-26-30)17-2-3-21-18(10-17)11-22(29-28-21)27-23(32)16-4-8-31(9-5-16)15-20-13-24-6-7-25-20/h2-3,6-7,10-14,16H,4-5,8-9,15H2,1H3,(H,27,29,32). The first-order valence-corrected chi connectivity index (χ1v) is 10.7. The van der Waals surface area contributed by atoms with Gasteiger partial charge in [-0.15, -0.1) is 10.2 Å². The number of anilines is 1. The summed E-state index contributed by atoms with van der Waals surface area (Å²) in [7, 11) is 1.89. The summed E-state index contributed by atoms with van der Waals surface area (Å²) in [6.07, 6.45) is 10.6. The zero-order chi connectivity index (χ0) is 21.9. The van der Waals surface area contributed by atoms with Crippen molar-refractivity contribution in [3.63, 3.8) is 0 Å². The topological polar surface area (TPSA) is 102 Å². The maximum Gasteiger partial charge on any atom is 0.228 e. The first-order chi connectivity index (χ1) is 15.6. The van der Waals surface area contributed by atoms with E-state index >= 15 is 0 Å². The van der Waals surface area contributed by atoms with Gasteiger partial charge >= 0.3 is 0 Å². The van der Waals surface area contributed by atoms with Crippen molar-refractivity contribution in [1.82, 2.24) is 34.8 Å². The van der Waals surface area contributed by atoms with Crippen molar-refractivity contribution in [2.45, 2.75) is 19.4 Å². The van der Waals surface area contributed by atoms with Gasteiger partial charge in [-0.05, 0) is 49.7 Å². The second kappa shape index (κ2) is 8.80. The molecule has 1 N–H and O–H groups in total. The molecule has 1 amide bonds. The fourth-order valence-corrected chi connectivity index (χ4v) is 4.08. The smallest absolute Gasteiger partial charge is 0.228 e. The molecule has 4 aromatic rings. The molecule has 9 nitrogen and oxygen atoms in total. The summed E-state index contributed by atoms with van der Waals surface area (Å²) in [5.74, 6) is 0.446. The number of carbonyl (C=O) groups is 1. The molecule has 3 aromatic heterocycles. The zero-order valence-electron chi connectivity index (χ0n) is 17.8. The highest BCUT2D eigenvalue weighted by atomic mass is 16.2. The Hall–Kier alpha value is -3.72. The minimum absolute atomic E-state index is 0.00113. The maximum absolute atomic E-state index is 12.8. The Bertz CT molecular complexity index is 1230. The third-order valence-corrected chi connectivity index (χ3v) is 5.84. The summed E-state index contributed by atoms with van der Waals surface area (Å²) < 4.78 is 1.77. The zero-order valence-corrected chi connectivity index (χ0v) is 17.8. The van der Waals surface area contributed by atoms with Gasteiger partial charge in [0.05, 0.1) is 17.4 Å². The lowest BCUT2D eigenvalue weighted by Gasteiger charge is -2.30. The lowest BCUT2D eigenvalue weighted by Crippen LogP contribution is -2.38. The number of likely N-dealkylation sites (tertiary alicyclic amines) is 1. The van der Waals surface area contributed by atoms with E-state index in [1.54, 1.807) is 23.3 Å². The van der Waals surface area contributed by atoms with Crippen molar-refractivity contribution in [3.8, 4) is 11.1 Å². The number of fused-ring (bicyclic) bond motifs is 1. The minimum atomic E-state index is -0.0349. The van der Waals surface area contributed by atoms with Crippen LogP contribution in [0, 0.1) is 5.92 Å². The van der Waals surface area contributed by atoms with Crippen LogP contribution in [0.15, 0.2) is 55.2 Å². The van der Waals surface area contributed by atoms with E-state index in [1.807, 2.05) is 43.7 Å². The molecule has 32 heavy (non-hydrogen) atoms. The number of aromatic nitrogens is 6. The van der Waals surface area contributed by atoms with Gasteiger partial charge in [0.2, 0.25) is 5.91 Å². The lowest BCUT2D eigenvalue weighted by molar-refractivity contribution is -0.121. The van der Waals surface area contributed by atoms with Crippen LogP contribution in [0.3, 0.4) is 0 Å². The van der Waals surface area contributed by atoms with E-state index in [1.165, 1.54) is 0 Å². The number of nitrogens with one attached hydrogen (secondary N) is 1. The van der Waals surface area contributed by atoms with Gasteiger partial charge < -0.3 is 5.32 Å². The molecule has 1 saturated heterocycles. The number of hydrogen-bond donors (Lipinski definition) is 1. The normalized spacial score (nSPS) is 15.2. The Kier molecular flexibility index (Phi) is 5.55. The first-order valence-electron chi connectivity index (χ1n) is 10.7. The van der Waals surface area contributed by atoms with Crippen molar-refractivity contribution in [3.05, 3.63) is 60.9 Å². The summed E-state index contributed by atoms with van der Waals surface area (Å²) in [5, 5.41) is 16.6. The van der Waals surface area contributed by atoms with E-state index in [2.05, 4.69) is 35.5 Å². The van der Waals surface area contributed by atoms with E-state index in [4.69, 9.17) is 0 Å². The average molecular weight is 429 g/mol. The predicted octanol–water partition coefficient (Wildman–Crippen LogP) is 2.67. The van der Waals surface area contributed by atoms with Gasteiger partial charge in [0.15, 0.2) is 5.82 Å². The molecule has 0 unspecified atom stereocenters. The van der Waals surface area contributed by atoms with Crippen molar-refractivity contribution >= 4 is 22.6 Å². The fraction of sp³-hybridized carbons (Fsp3) is 0.304. The van der Waals surface area contributed by atoms with Gasteiger partial charge in [0, 0.05) is 55.2 Å². The molecule has 162 valence electrons. The van der Waals surface area contributed by atoms with E-state index in [9.17, 15) is 4.79 Å². The van der Waals surface area contributed by atoms with E-state index < -0.39 is 0 Å². The molecule has 4 heterocycles. The molecule has 9 heteroatoms. The Morgan fingerprint density at radius 3 is 2.72 bits per heavy atom. The van der Waals surface area contributed by atoms with Crippen LogP contribution >= 0.6 is 0 Å². The predicted molar refractivity (Wildman–Crippen MR) is 120 cm³/mol. The van der Waals surface area contributed by atoms with Crippen molar-refractivity contribution < 1.29 is 4.79 Å². The molecule has 1 aliphatic rings. The molecular formula is C23H24N8O. The number of hydrogen-bond acceptors (Lipinski definition) is 7. The quantitative estimate of drug-likeness (QED) is 0.521. The summed E-state index contributed by atoms with van der Waals surface area (Å²) in [6.45, 7) is 2.47. The van der Waals surface area contributed by atoms with E-state index in [0.29, 0.717) is 5.82 Å². The average Bonchev–Trinajstić information content (AvgIpc) is 3.26. The van der Waals surface area contributed by atoms with Crippen molar-refractivity contribution in [2.24, 2.45) is 13.0 Å². The molecule has 5 rings (SSSR count). The fourth-order valence-electron chi connectivity index (χ4n) is 4.08. The third kappa shape index (κ3) is 4.47. The van der Waals surface area contributed by atoms with Gasteiger partial charge in [-0.1, -0.05) is 6.07 Å². The molecule has 0 atom stereocenters. The highest BCUT2D eigenvalue weighted by Gasteiger charge is 2.25. The number of aryl methyl sites for hydroxylation is 1. The summed E-state index contributed by atoms with van der Waals surface area (Å²) in [5.41, 5.74) is 3.82. The minimum Gasteiger partial charge on any atom is -0.309 e. The Morgan fingerprint density at radius 2 is 1.97 bits per heavy atom. The first kappa shape index (κ1) is 20.2. The molecule has 0 spiro atoms. The number of carbonyl (C=O) groups excluding carboxylic acids is 1. The summed E-state index contributed by atoms with van der Waals surface area (Å²) >= 11 is 0. The van der Waals surface area contributed by atoms with Crippen LogP contribution in [-0.4, -0.2) is 53.8 Å². The molecule has 1 fully saturated rings. The monoisotopic (exact) mass is 428 g/mol. The summed E-state index contributed by atoms with van der Waals surface area (Å²) in [4.78, 5) is 23.6. The number of nitrogens with zero attached hydrogens (tertiary/aromatic N) is 7. The van der Waals surface area contributed by atoms with Crippen LogP contribution in [0.2, 0.25) is 0 Å². The van der Waals surface area contributed by atoms with E-state index in [-0.39, 0.29) is 11.8 Å². The highest BCUT2D eigenvalue weighted by Crippen LogP contribution is 2.25. The molecule has 0 saturated carbocycles. The van der Waals surface area contributed by atoms with Gasteiger partial charge in [0.25, 0.3) is 0 Å². The number of amides is 1. The number of rotatable bonds is 5. The molecule has 1 aromatic carbocycles. The van der Waals surface area contributed by atoms with Crippen molar-refractivity contribution in [2.75, 3.05) is 18.4 Å². The van der Waals surface area contributed by atoms with Gasteiger partial charge in [-0.2, -0.15) is 5.10 Å². The molecule has 0 bridgehead atoms. The second-order valence-corrected chi connectivity index (χ2v) is 8.14. The van der Waals surface area contributed by atoms with Crippen LogP contribution in [-0.2, 0) is 18.4 Å². The van der Waals surface area contributed by atoms with Gasteiger partial charge in [-0.25, -0.2) is 0 Å². The number of piperidine rings is 1. The van der Waals surface area contributed by atoms with Crippen LogP contribution in [0.25, 0.3) is 22.0 Å². The molecule has 1 aliphatic heterocycles. The number of benzene rings is 1. The SMILES string of the molecule is Cn1cc(-c2ccc3nnc(NC(=O)C4CCN(Cc5cnccn5)CC4)cc3c2)cn1. The van der Waals surface area contributed by atoms with E-state index in [0.717, 1.165) is 60.2 Å². The molecule has 0 radical (unpaired) electrons. The largest absolute Gasteiger partial charge is 0.309 e. The van der Waals surface area contributed by atoms with Crippen molar-refractivity contribution in [1.29, 1.82) is 0 Å². The van der Waals surface area contributed by atoms with Crippen LogP contribution < -0.4 is 5.32 Å². The van der Waals surface area contributed by atoms with Crippen LogP contribution in [0.4, 0.5) is 5.82 Å². The lowest BCUT2D eigenvalue weighted by atomic mass is 9.96. The Labute approximate surface area is 185 Å². The van der Waals surface area contributed by atoms with Crippen LogP contribution in [0.1, 0.15) is 18.5 Å².